The molecule has 1 N–H and O–H groups in total. The van der Waals surface area contributed by atoms with Crippen molar-refractivity contribution in [2.24, 2.45) is 0 Å². The maximum Gasteiger partial charge on any atom is 0.471 e. The Kier molecular flexibility index (Phi) is 4.92. The third-order valence-electron chi connectivity index (χ3n) is 3.31. The SMILES string of the molecule is C=C(NCc1ccc(-c2noc(C(F)(F)F)n2)cc1)N(C)CC. The van der Waals surface area contributed by atoms with Crippen molar-refractivity contribution in [2.45, 2.75) is 19.6 Å². The molecule has 8 heteroatoms. The molecule has 1 heterocycles. The molecule has 124 valence electrons. The number of hydrogen-bond acceptors (Lipinski definition) is 5. The highest BCUT2D eigenvalue weighted by atomic mass is 19.4. The molecule has 0 fully saturated rings. The smallest absolute Gasteiger partial charge is 0.368 e. The molecule has 0 aliphatic heterocycles. The molecule has 2 rings (SSSR count). The Balaban J connectivity index is 2.02. The van der Waals surface area contributed by atoms with Crippen LogP contribution in [-0.2, 0) is 12.7 Å². The standard InChI is InChI=1S/C15H17F3N4O/c1-4-22(3)10(2)19-9-11-5-7-12(8-6-11)13-20-14(23-21-13)15(16,17)18/h5-8,19H,2,4,9H2,1,3H3. The summed E-state index contributed by atoms with van der Waals surface area (Å²) in [4.78, 5) is 5.32. The van der Waals surface area contributed by atoms with E-state index in [0.717, 1.165) is 17.9 Å². The van der Waals surface area contributed by atoms with Gasteiger partial charge >= 0.3 is 12.1 Å². The number of rotatable bonds is 6. The lowest BCUT2D eigenvalue weighted by molar-refractivity contribution is -0.159. The van der Waals surface area contributed by atoms with Crippen LogP contribution in [0.25, 0.3) is 11.4 Å². The third-order valence-corrected chi connectivity index (χ3v) is 3.31. The minimum Gasteiger partial charge on any atom is -0.368 e. The fourth-order valence-corrected chi connectivity index (χ4v) is 1.76. The molecule has 0 saturated carbocycles. The lowest BCUT2D eigenvalue weighted by Crippen LogP contribution is -2.27. The Morgan fingerprint density at radius 3 is 2.48 bits per heavy atom. The highest BCUT2D eigenvalue weighted by Gasteiger charge is 2.38. The number of nitrogens with one attached hydrogen (secondary N) is 1. The largest absolute Gasteiger partial charge is 0.471 e. The fraction of sp³-hybridized carbons (Fsp3) is 0.333. The average molecular weight is 326 g/mol. The number of benzene rings is 1. The minimum atomic E-state index is -4.64. The highest BCUT2D eigenvalue weighted by Crippen LogP contribution is 2.29. The first kappa shape index (κ1) is 16.9. The van der Waals surface area contributed by atoms with Crippen LogP contribution in [0.15, 0.2) is 41.2 Å². The van der Waals surface area contributed by atoms with Gasteiger partial charge in [-0.1, -0.05) is 36.0 Å². The molecule has 0 spiro atoms. The summed E-state index contributed by atoms with van der Waals surface area (Å²) < 4.78 is 41.5. The second-order valence-corrected chi connectivity index (χ2v) is 4.93. The summed E-state index contributed by atoms with van der Waals surface area (Å²) in [6, 6.07) is 6.86. The second-order valence-electron chi connectivity index (χ2n) is 4.93. The zero-order chi connectivity index (χ0) is 17.0. The van der Waals surface area contributed by atoms with Gasteiger partial charge in [0.15, 0.2) is 0 Å². The summed E-state index contributed by atoms with van der Waals surface area (Å²) in [5, 5.41) is 6.51. The predicted octanol–water partition coefficient (Wildman–Crippen LogP) is 3.27. The number of nitrogens with zero attached hydrogens (tertiary/aromatic N) is 3. The van der Waals surface area contributed by atoms with E-state index in [1.165, 1.54) is 0 Å². The molecule has 0 amide bonds. The molecule has 23 heavy (non-hydrogen) atoms. The molecule has 0 bridgehead atoms. The van der Waals surface area contributed by atoms with Gasteiger partial charge in [0.1, 0.15) is 0 Å². The van der Waals surface area contributed by atoms with Crippen molar-refractivity contribution >= 4 is 0 Å². The summed E-state index contributed by atoms with van der Waals surface area (Å²) in [5.41, 5.74) is 1.41. The fourth-order valence-electron chi connectivity index (χ4n) is 1.76. The van der Waals surface area contributed by atoms with Crippen LogP contribution in [0.5, 0.6) is 0 Å². The van der Waals surface area contributed by atoms with Crippen molar-refractivity contribution in [2.75, 3.05) is 13.6 Å². The van der Waals surface area contributed by atoms with Crippen LogP contribution in [0.3, 0.4) is 0 Å². The van der Waals surface area contributed by atoms with E-state index in [1.54, 1.807) is 24.3 Å². The number of aromatic nitrogens is 2. The highest BCUT2D eigenvalue weighted by molar-refractivity contribution is 5.54. The van der Waals surface area contributed by atoms with Gasteiger partial charge in [0.2, 0.25) is 5.82 Å². The van der Waals surface area contributed by atoms with E-state index in [2.05, 4.69) is 26.6 Å². The van der Waals surface area contributed by atoms with Gasteiger partial charge in [0, 0.05) is 25.7 Å². The van der Waals surface area contributed by atoms with E-state index in [0.29, 0.717) is 12.1 Å². The van der Waals surface area contributed by atoms with Crippen molar-refractivity contribution in [3.05, 3.63) is 48.1 Å². The lowest BCUT2D eigenvalue weighted by atomic mass is 10.1. The molecule has 0 unspecified atom stereocenters. The van der Waals surface area contributed by atoms with Gasteiger partial charge in [-0.25, -0.2) is 0 Å². The average Bonchev–Trinajstić information content (AvgIpc) is 3.02. The van der Waals surface area contributed by atoms with E-state index < -0.39 is 12.1 Å². The molecule has 0 atom stereocenters. The Bertz CT molecular complexity index is 664. The molecule has 1 aromatic carbocycles. The van der Waals surface area contributed by atoms with Crippen molar-refractivity contribution in [3.63, 3.8) is 0 Å². The molecule has 1 aromatic heterocycles. The normalized spacial score (nSPS) is 11.3. The lowest BCUT2D eigenvalue weighted by Gasteiger charge is -2.20. The van der Waals surface area contributed by atoms with Crippen LogP contribution in [-0.4, -0.2) is 28.6 Å². The Hall–Kier alpha value is -2.51. The number of halogens is 3. The summed E-state index contributed by atoms with van der Waals surface area (Å²) in [6.07, 6.45) is -4.64. The van der Waals surface area contributed by atoms with Crippen molar-refractivity contribution in [3.8, 4) is 11.4 Å². The van der Waals surface area contributed by atoms with Gasteiger partial charge in [-0.05, 0) is 12.5 Å². The van der Waals surface area contributed by atoms with Crippen LogP contribution in [0.1, 0.15) is 18.4 Å². The van der Waals surface area contributed by atoms with Gasteiger partial charge < -0.3 is 14.7 Å². The van der Waals surface area contributed by atoms with E-state index >= 15 is 0 Å². The molecular formula is C15H17F3N4O. The zero-order valence-corrected chi connectivity index (χ0v) is 12.8. The summed E-state index contributed by atoms with van der Waals surface area (Å²) >= 11 is 0. The van der Waals surface area contributed by atoms with Crippen LogP contribution >= 0.6 is 0 Å². The van der Waals surface area contributed by atoms with E-state index in [-0.39, 0.29) is 5.82 Å². The summed E-state index contributed by atoms with van der Waals surface area (Å²) in [5.74, 6) is -0.645. The van der Waals surface area contributed by atoms with E-state index in [1.807, 2.05) is 18.9 Å². The molecule has 0 aliphatic carbocycles. The number of hydrogen-bond donors (Lipinski definition) is 1. The van der Waals surface area contributed by atoms with Crippen molar-refractivity contribution < 1.29 is 17.7 Å². The topological polar surface area (TPSA) is 54.2 Å². The maximum absolute atomic E-state index is 12.4. The Labute approximate surface area is 131 Å². The van der Waals surface area contributed by atoms with Crippen LogP contribution < -0.4 is 5.32 Å². The van der Waals surface area contributed by atoms with Gasteiger partial charge in [-0.15, -0.1) is 0 Å². The van der Waals surface area contributed by atoms with Crippen molar-refractivity contribution in [1.29, 1.82) is 0 Å². The van der Waals surface area contributed by atoms with E-state index in [9.17, 15) is 13.2 Å². The zero-order valence-electron chi connectivity index (χ0n) is 12.8. The van der Waals surface area contributed by atoms with Gasteiger partial charge in [-0.3, -0.25) is 0 Å². The van der Waals surface area contributed by atoms with Gasteiger partial charge in [0.05, 0.1) is 5.82 Å². The first-order chi connectivity index (χ1) is 10.8. The van der Waals surface area contributed by atoms with Crippen molar-refractivity contribution in [1.82, 2.24) is 20.4 Å². The van der Waals surface area contributed by atoms with Gasteiger partial charge in [0.25, 0.3) is 0 Å². The number of alkyl halides is 3. The van der Waals surface area contributed by atoms with E-state index in [4.69, 9.17) is 0 Å². The maximum atomic E-state index is 12.4. The van der Waals surface area contributed by atoms with Crippen LogP contribution in [0.4, 0.5) is 13.2 Å². The first-order valence-corrected chi connectivity index (χ1v) is 6.95. The molecule has 5 nitrogen and oxygen atoms in total. The van der Waals surface area contributed by atoms with Gasteiger partial charge in [-0.2, -0.15) is 18.2 Å². The second kappa shape index (κ2) is 6.72. The molecular weight excluding hydrogens is 309 g/mol. The minimum absolute atomic E-state index is 0.0908. The molecule has 0 radical (unpaired) electrons. The predicted molar refractivity (Wildman–Crippen MR) is 79.0 cm³/mol. The monoisotopic (exact) mass is 326 g/mol. The summed E-state index contributed by atoms with van der Waals surface area (Å²) in [7, 11) is 1.92. The van der Waals surface area contributed by atoms with Crippen LogP contribution in [0, 0.1) is 0 Å². The summed E-state index contributed by atoms with van der Waals surface area (Å²) in [6.45, 7) is 7.32. The van der Waals surface area contributed by atoms with Crippen LogP contribution in [0.2, 0.25) is 0 Å². The third kappa shape index (κ3) is 4.24. The molecule has 0 aliphatic rings. The Morgan fingerprint density at radius 1 is 1.30 bits per heavy atom. The molecule has 0 saturated heterocycles. The molecule has 2 aromatic rings. The Morgan fingerprint density at radius 2 is 1.96 bits per heavy atom. The quantitative estimate of drug-likeness (QED) is 0.883. The first-order valence-electron chi connectivity index (χ1n) is 6.95.